The van der Waals surface area contributed by atoms with Crippen molar-refractivity contribution in [1.29, 1.82) is 5.26 Å². The molecule has 0 aliphatic carbocycles. The summed E-state index contributed by atoms with van der Waals surface area (Å²) in [6.07, 6.45) is 0.640. The fourth-order valence-corrected chi connectivity index (χ4v) is 1.86. The molecule has 1 atom stereocenters. The largest absolute Gasteiger partial charge is 0.430 e. The van der Waals surface area contributed by atoms with Crippen LogP contribution in [-0.2, 0) is 5.04 Å². The number of hydrogen-bond acceptors (Lipinski definition) is 2. The maximum Gasteiger partial charge on any atom is 0.252 e. The highest BCUT2D eigenvalue weighted by molar-refractivity contribution is 6.32. The average molecular weight is 203 g/mol. The van der Waals surface area contributed by atoms with Crippen LogP contribution in [0.4, 0.5) is 0 Å². The van der Waals surface area contributed by atoms with Crippen molar-refractivity contribution in [2.45, 2.75) is 25.3 Å². The summed E-state index contributed by atoms with van der Waals surface area (Å²) in [7, 11) is -0.368. The lowest BCUT2D eigenvalue weighted by Gasteiger charge is -2.21. The van der Waals surface area contributed by atoms with Gasteiger partial charge in [-0.25, -0.2) is 0 Å². The third-order valence-electron chi connectivity index (χ3n) is 2.46. The Morgan fingerprint density at radius 2 is 2.00 bits per heavy atom. The van der Waals surface area contributed by atoms with E-state index in [0.29, 0.717) is 6.42 Å². The molecule has 72 valence electrons. The highest BCUT2D eigenvalue weighted by Crippen LogP contribution is 2.25. The van der Waals surface area contributed by atoms with Gasteiger partial charge in [0.15, 0.2) is 0 Å². The molecule has 14 heavy (non-hydrogen) atoms. The van der Waals surface area contributed by atoms with Crippen molar-refractivity contribution in [3.8, 4) is 6.07 Å². The summed E-state index contributed by atoms with van der Waals surface area (Å²) in [4.78, 5) is 9.30. The van der Waals surface area contributed by atoms with Gasteiger partial charge in [-0.05, 0) is 18.9 Å². The minimum absolute atomic E-state index is 0.368. The van der Waals surface area contributed by atoms with Gasteiger partial charge in [-0.3, -0.25) is 0 Å². The summed E-state index contributed by atoms with van der Waals surface area (Å²) in [5.41, 5.74) is 2.08. The van der Waals surface area contributed by atoms with Gasteiger partial charge in [0.2, 0.25) is 0 Å². The van der Waals surface area contributed by atoms with Crippen LogP contribution in [0.25, 0.3) is 0 Å². The van der Waals surface area contributed by atoms with Crippen molar-refractivity contribution in [3.63, 3.8) is 0 Å². The average Bonchev–Trinajstić information content (AvgIpc) is 2.24. The number of nitriles is 1. The second kappa shape index (κ2) is 4.40. The molecule has 0 aliphatic heterocycles. The third-order valence-corrected chi connectivity index (χ3v) is 3.59. The van der Waals surface area contributed by atoms with Crippen molar-refractivity contribution >= 4 is 9.76 Å². The molecule has 0 fully saturated rings. The van der Waals surface area contributed by atoms with Crippen molar-refractivity contribution in [2.24, 2.45) is 0 Å². The topological polar surface area (TPSA) is 44.0 Å². The van der Waals surface area contributed by atoms with E-state index in [1.54, 1.807) is 0 Å². The third kappa shape index (κ3) is 1.87. The summed E-state index contributed by atoms with van der Waals surface area (Å²) in [6.45, 7) is 3.93. The first-order valence-electron chi connectivity index (χ1n) is 4.58. The van der Waals surface area contributed by atoms with Crippen LogP contribution < -0.4 is 0 Å². The Morgan fingerprint density at radius 3 is 2.36 bits per heavy atom. The van der Waals surface area contributed by atoms with E-state index in [-0.39, 0.29) is 9.76 Å². The van der Waals surface area contributed by atoms with E-state index < -0.39 is 5.04 Å². The zero-order chi connectivity index (χ0) is 10.6. The van der Waals surface area contributed by atoms with E-state index in [4.69, 9.17) is 5.26 Å². The molecule has 0 spiro atoms. The first-order chi connectivity index (χ1) is 6.68. The number of aryl methyl sites for hydroxylation is 1. The fraction of sp³-hybridized carbons (Fsp3) is 0.364. The zero-order valence-corrected chi connectivity index (χ0v) is 9.41. The monoisotopic (exact) mass is 203 g/mol. The van der Waals surface area contributed by atoms with Gasteiger partial charge in [0, 0.05) is 0 Å². The zero-order valence-electron chi connectivity index (χ0n) is 8.41. The highest BCUT2D eigenvalue weighted by atomic mass is 28.2. The lowest BCUT2D eigenvalue weighted by molar-refractivity contribution is 0.544. The van der Waals surface area contributed by atoms with Crippen LogP contribution in [0.2, 0.25) is 0 Å². The van der Waals surface area contributed by atoms with Gasteiger partial charge in [-0.2, -0.15) is 5.26 Å². The van der Waals surface area contributed by atoms with Gasteiger partial charge in [-0.15, -0.1) is 0 Å². The number of benzene rings is 1. The number of rotatable bonds is 3. The van der Waals surface area contributed by atoms with Crippen LogP contribution in [0.5, 0.6) is 0 Å². The molecule has 1 aromatic rings. The second-order valence-electron chi connectivity index (χ2n) is 3.35. The summed E-state index contributed by atoms with van der Waals surface area (Å²) in [6, 6.07) is 10.00. The van der Waals surface area contributed by atoms with Crippen molar-refractivity contribution < 1.29 is 4.80 Å². The van der Waals surface area contributed by atoms with E-state index in [0.717, 1.165) is 11.1 Å². The Kier molecular flexibility index (Phi) is 3.45. The molecule has 1 N–H and O–H groups in total. The van der Waals surface area contributed by atoms with Crippen LogP contribution in [0.1, 0.15) is 24.5 Å². The Labute approximate surface area is 87.1 Å². The van der Waals surface area contributed by atoms with Gasteiger partial charge in [-0.1, -0.05) is 36.8 Å². The molecule has 0 bridgehead atoms. The minimum atomic E-state index is -0.701. The number of nitrogens with zero attached hydrogens (tertiary/aromatic N) is 1. The second-order valence-corrected chi connectivity index (χ2v) is 4.43. The van der Waals surface area contributed by atoms with Gasteiger partial charge in [0.1, 0.15) is 5.04 Å². The van der Waals surface area contributed by atoms with Crippen molar-refractivity contribution in [3.05, 3.63) is 35.4 Å². The molecule has 1 aromatic carbocycles. The highest BCUT2D eigenvalue weighted by Gasteiger charge is 2.31. The molecule has 0 aliphatic rings. The van der Waals surface area contributed by atoms with Crippen LogP contribution >= 0.6 is 0 Å². The van der Waals surface area contributed by atoms with E-state index in [1.165, 1.54) is 0 Å². The SMILES string of the molecule is CCC(C#N)([Si]O)c1ccc(C)cc1. The quantitative estimate of drug-likeness (QED) is 0.760. The maximum atomic E-state index is 9.30. The van der Waals surface area contributed by atoms with Crippen LogP contribution in [-0.4, -0.2) is 14.6 Å². The summed E-state index contributed by atoms with van der Waals surface area (Å²) in [5.74, 6) is 0. The summed E-state index contributed by atoms with van der Waals surface area (Å²) >= 11 is 0. The van der Waals surface area contributed by atoms with E-state index in [2.05, 4.69) is 6.07 Å². The first kappa shape index (κ1) is 11.0. The van der Waals surface area contributed by atoms with Crippen LogP contribution in [0, 0.1) is 18.3 Å². The molecule has 1 rings (SSSR count). The maximum absolute atomic E-state index is 9.30. The van der Waals surface area contributed by atoms with Crippen LogP contribution in [0.15, 0.2) is 24.3 Å². The molecular formula is C11H13NOSi. The molecule has 2 radical (unpaired) electrons. The van der Waals surface area contributed by atoms with Gasteiger partial charge in [0.05, 0.1) is 6.07 Å². The van der Waals surface area contributed by atoms with E-state index in [1.807, 2.05) is 38.1 Å². The van der Waals surface area contributed by atoms with E-state index >= 15 is 0 Å². The Bertz CT molecular complexity index is 335. The van der Waals surface area contributed by atoms with Gasteiger partial charge >= 0.3 is 0 Å². The minimum Gasteiger partial charge on any atom is -0.430 e. The number of hydrogen-bond donors (Lipinski definition) is 1. The Hall–Kier alpha value is -1.11. The molecule has 2 nitrogen and oxygen atoms in total. The molecule has 1 unspecified atom stereocenters. The first-order valence-corrected chi connectivity index (χ1v) is 5.53. The molecule has 3 heteroatoms. The Balaban J connectivity index is 3.13. The standard InChI is InChI=1S/C11H13NOSi/c1-3-11(8-12,14-13)10-6-4-9(2)5-7-10/h4-7,13H,3H2,1-2H3. The van der Waals surface area contributed by atoms with Crippen molar-refractivity contribution in [1.82, 2.24) is 0 Å². The molecule has 0 amide bonds. The van der Waals surface area contributed by atoms with E-state index in [9.17, 15) is 4.80 Å². The summed E-state index contributed by atoms with van der Waals surface area (Å²) < 4.78 is 0. The predicted molar refractivity (Wildman–Crippen MR) is 56.7 cm³/mol. The Morgan fingerprint density at radius 1 is 1.43 bits per heavy atom. The van der Waals surface area contributed by atoms with Gasteiger partial charge in [0.25, 0.3) is 9.76 Å². The molecule has 0 heterocycles. The molecule has 0 aromatic heterocycles. The molecule has 0 saturated heterocycles. The lowest BCUT2D eigenvalue weighted by Crippen LogP contribution is -2.30. The van der Waals surface area contributed by atoms with Gasteiger partial charge < -0.3 is 4.80 Å². The molecule has 0 saturated carbocycles. The smallest absolute Gasteiger partial charge is 0.252 e. The van der Waals surface area contributed by atoms with Crippen molar-refractivity contribution in [2.75, 3.05) is 0 Å². The predicted octanol–water partition coefficient (Wildman–Crippen LogP) is 1.74. The fourth-order valence-electron chi connectivity index (χ4n) is 1.35. The lowest BCUT2D eigenvalue weighted by atomic mass is 9.96. The molecular weight excluding hydrogens is 190 g/mol. The summed E-state index contributed by atoms with van der Waals surface area (Å²) in [5, 5.41) is 8.40. The normalized spacial score (nSPS) is 14.4. The van der Waals surface area contributed by atoms with Crippen LogP contribution in [0.3, 0.4) is 0 Å².